The van der Waals surface area contributed by atoms with Crippen LogP contribution in [0.4, 0.5) is 26.3 Å². The molecule has 1 aliphatic carbocycles. The molecule has 6 nitrogen and oxygen atoms in total. The van der Waals surface area contributed by atoms with Crippen LogP contribution in [0.3, 0.4) is 0 Å². The molecule has 0 aromatic heterocycles. The first kappa shape index (κ1) is 28.4. The molecule has 3 rings (SSSR count). The first-order chi connectivity index (χ1) is 16.6. The fourth-order valence-corrected chi connectivity index (χ4v) is 6.50. The van der Waals surface area contributed by atoms with Crippen molar-refractivity contribution in [3.8, 4) is 0 Å². The molecule has 0 spiro atoms. The minimum absolute atomic E-state index is 0.00789. The predicted octanol–water partition coefficient (Wildman–Crippen LogP) is 4.71. The smallest absolute Gasteiger partial charge is 0.381 e. The number of hydrogen-bond donors (Lipinski definition) is 1. The van der Waals surface area contributed by atoms with Gasteiger partial charge >= 0.3 is 12.4 Å². The number of nitrogens with one attached hydrogen (secondary N) is 1. The van der Waals surface area contributed by atoms with Gasteiger partial charge in [0.05, 0.1) is 22.4 Å². The lowest BCUT2D eigenvalue weighted by Gasteiger charge is -2.29. The molecule has 1 amide bonds. The predicted molar refractivity (Wildman–Crippen MR) is 120 cm³/mol. The van der Waals surface area contributed by atoms with E-state index in [1.165, 1.54) is 13.8 Å². The molecule has 13 heteroatoms. The van der Waals surface area contributed by atoms with Crippen molar-refractivity contribution < 1.29 is 44.3 Å². The third-order valence-corrected chi connectivity index (χ3v) is 9.41. The molecule has 0 radical (unpaired) electrons. The van der Waals surface area contributed by atoms with E-state index in [-0.39, 0.29) is 31.4 Å². The van der Waals surface area contributed by atoms with Gasteiger partial charge in [0.25, 0.3) is 0 Å². The van der Waals surface area contributed by atoms with Crippen LogP contribution in [0.25, 0.3) is 0 Å². The summed E-state index contributed by atoms with van der Waals surface area (Å²) in [6.45, 7) is 3.18. The summed E-state index contributed by atoms with van der Waals surface area (Å²) in [6.07, 6.45) is -8.75. The Hall–Kier alpha value is -2.15. The first-order valence-electron chi connectivity index (χ1n) is 11.5. The largest absolute Gasteiger partial charge is 0.416 e. The number of rotatable bonds is 6. The van der Waals surface area contributed by atoms with E-state index in [1.54, 1.807) is 0 Å². The Morgan fingerprint density at radius 2 is 1.64 bits per heavy atom. The molecule has 1 unspecified atom stereocenters. The highest BCUT2D eigenvalue weighted by molar-refractivity contribution is 7.94. The zero-order valence-electron chi connectivity index (χ0n) is 19.8. The summed E-state index contributed by atoms with van der Waals surface area (Å²) < 4.78 is 109. The lowest BCUT2D eigenvalue weighted by molar-refractivity contribution is -0.143. The average Bonchev–Trinajstić information content (AvgIpc) is 3.22. The molecule has 1 heterocycles. The highest BCUT2D eigenvalue weighted by Gasteiger charge is 2.55. The van der Waals surface area contributed by atoms with Gasteiger partial charge in [-0.2, -0.15) is 26.3 Å². The van der Waals surface area contributed by atoms with Crippen molar-refractivity contribution in [3.05, 3.63) is 34.9 Å². The third kappa shape index (κ3) is 6.04. The van der Waals surface area contributed by atoms with Gasteiger partial charge in [-0.1, -0.05) is 0 Å². The van der Waals surface area contributed by atoms with Crippen molar-refractivity contribution in [1.82, 2.24) is 5.32 Å². The summed E-state index contributed by atoms with van der Waals surface area (Å²) >= 11 is 0. The van der Waals surface area contributed by atoms with Gasteiger partial charge in [0, 0.05) is 31.9 Å². The van der Waals surface area contributed by atoms with Crippen LogP contribution >= 0.6 is 0 Å². The maximum absolute atomic E-state index is 13.3. The summed E-state index contributed by atoms with van der Waals surface area (Å²) in [7, 11) is -4.06. The number of benzene rings is 1. The van der Waals surface area contributed by atoms with Gasteiger partial charge in [-0.05, 0) is 63.3 Å². The average molecular weight is 543 g/mol. The summed E-state index contributed by atoms with van der Waals surface area (Å²) in [5.41, 5.74) is -2.92. The minimum Gasteiger partial charge on any atom is -0.381 e. The first-order valence-corrected chi connectivity index (χ1v) is 13.0. The molecular weight excluding hydrogens is 514 g/mol. The topological polar surface area (TPSA) is 84.8 Å². The molecular formula is C23H28F6N2O4S. The zero-order valence-corrected chi connectivity index (χ0v) is 20.6. The Morgan fingerprint density at radius 1 is 1.08 bits per heavy atom. The lowest BCUT2D eigenvalue weighted by atomic mass is 10.0. The van der Waals surface area contributed by atoms with E-state index in [1.807, 2.05) is 0 Å². The van der Waals surface area contributed by atoms with E-state index in [0.29, 0.717) is 43.9 Å². The standard InChI is InChI=1S/C23H28F6N2O4S/c1-14(2)36(33,34)21(6-3-19(12-21)31-18-4-7-35-8-5-18)20(32)30-13-15-9-16(22(24,25)26)11-17(10-15)23(27,28)29/h9-11,14,18H,3-8,12-13H2,1-2H3,(H,30,32). The van der Waals surface area contributed by atoms with Crippen LogP contribution in [-0.4, -0.2) is 49.3 Å². The summed E-state index contributed by atoms with van der Waals surface area (Å²) in [6, 6.07) is 0.948. The number of aliphatic imine (C=N–C) groups is 1. The van der Waals surface area contributed by atoms with Crippen molar-refractivity contribution in [1.29, 1.82) is 0 Å². The van der Waals surface area contributed by atoms with E-state index < -0.39 is 61.3 Å². The van der Waals surface area contributed by atoms with Crippen molar-refractivity contribution in [3.63, 3.8) is 0 Å². The molecule has 1 saturated carbocycles. The molecule has 1 aliphatic heterocycles. The Morgan fingerprint density at radius 3 is 2.14 bits per heavy atom. The lowest BCUT2D eigenvalue weighted by Crippen LogP contribution is -2.53. The molecule has 1 aromatic rings. The summed E-state index contributed by atoms with van der Waals surface area (Å²) in [5, 5.41) is 1.36. The van der Waals surface area contributed by atoms with Gasteiger partial charge < -0.3 is 10.1 Å². The van der Waals surface area contributed by atoms with Gasteiger partial charge in [-0.15, -0.1) is 0 Å². The summed E-state index contributed by atoms with van der Waals surface area (Å²) in [4.78, 5) is 17.9. The number of nitrogens with zero attached hydrogens (tertiary/aromatic N) is 1. The quantitative estimate of drug-likeness (QED) is 0.528. The third-order valence-electron chi connectivity index (χ3n) is 6.54. The van der Waals surface area contributed by atoms with Gasteiger partial charge in [0.1, 0.15) is 0 Å². The number of alkyl halides is 6. The van der Waals surface area contributed by atoms with Gasteiger partial charge in [0.2, 0.25) is 5.91 Å². The molecule has 2 aliphatic rings. The molecule has 1 saturated heterocycles. The van der Waals surface area contributed by atoms with E-state index in [4.69, 9.17) is 4.74 Å². The molecule has 1 N–H and O–H groups in total. The fraction of sp³-hybridized carbons (Fsp3) is 0.652. The number of sulfone groups is 1. The highest BCUT2D eigenvalue weighted by Crippen LogP contribution is 2.40. The van der Waals surface area contributed by atoms with E-state index in [9.17, 15) is 39.6 Å². The van der Waals surface area contributed by atoms with Crippen LogP contribution in [-0.2, 0) is 38.3 Å². The molecule has 2 fully saturated rings. The zero-order chi connectivity index (χ0) is 26.9. The van der Waals surface area contributed by atoms with Gasteiger partial charge in [-0.25, -0.2) is 8.42 Å². The Bertz CT molecular complexity index is 1080. The van der Waals surface area contributed by atoms with Gasteiger partial charge in [-0.3, -0.25) is 9.79 Å². The normalized spacial score (nSPS) is 23.4. The van der Waals surface area contributed by atoms with Gasteiger partial charge in [0.15, 0.2) is 14.6 Å². The molecule has 1 atom stereocenters. The SMILES string of the molecule is CC(C)S(=O)(=O)C1(C(=O)NCc2cc(C(F)(F)F)cc(C(F)(F)F)c2)CCC(=NC2CCOCC2)C1. The number of amides is 1. The second-order valence-corrected chi connectivity index (χ2v) is 12.2. The van der Waals surface area contributed by atoms with Crippen molar-refractivity contribution in [2.24, 2.45) is 4.99 Å². The van der Waals surface area contributed by atoms with E-state index in [2.05, 4.69) is 10.3 Å². The van der Waals surface area contributed by atoms with Crippen LogP contribution in [0.1, 0.15) is 62.6 Å². The molecule has 0 bridgehead atoms. The van der Waals surface area contributed by atoms with Crippen LogP contribution in [0.2, 0.25) is 0 Å². The Balaban J connectivity index is 1.89. The molecule has 1 aromatic carbocycles. The van der Waals surface area contributed by atoms with E-state index in [0.717, 1.165) is 0 Å². The Labute approximate surface area is 205 Å². The van der Waals surface area contributed by atoms with Crippen LogP contribution in [0, 0.1) is 0 Å². The number of ether oxygens (including phenoxy) is 1. The maximum Gasteiger partial charge on any atom is 0.416 e. The second-order valence-electron chi connectivity index (χ2n) is 9.40. The second kappa shape index (κ2) is 10.3. The summed E-state index contributed by atoms with van der Waals surface area (Å²) in [5.74, 6) is -0.959. The fourth-order valence-electron chi connectivity index (χ4n) is 4.52. The highest BCUT2D eigenvalue weighted by atomic mass is 32.2. The van der Waals surface area contributed by atoms with Crippen molar-refractivity contribution in [2.75, 3.05) is 13.2 Å². The van der Waals surface area contributed by atoms with Crippen LogP contribution in [0.5, 0.6) is 0 Å². The molecule has 202 valence electrons. The maximum atomic E-state index is 13.3. The Kier molecular flexibility index (Phi) is 8.14. The van der Waals surface area contributed by atoms with E-state index >= 15 is 0 Å². The number of hydrogen-bond acceptors (Lipinski definition) is 5. The minimum atomic E-state index is -5.04. The van der Waals surface area contributed by atoms with Crippen LogP contribution < -0.4 is 5.32 Å². The molecule has 36 heavy (non-hydrogen) atoms. The van der Waals surface area contributed by atoms with Crippen LogP contribution in [0.15, 0.2) is 23.2 Å². The number of carbonyl (C=O) groups is 1. The van der Waals surface area contributed by atoms with Crippen molar-refractivity contribution >= 4 is 21.5 Å². The van der Waals surface area contributed by atoms with Crippen molar-refractivity contribution in [2.45, 2.75) is 80.9 Å². The number of carbonyl (C=O) groups excluding carboxylic acids is 1. The number of halogens is 6. The monoisotopic (exact) mass is 542 g/mol.